The lowest BCUT2D eigenvalue weighted by Crippen LogP contribution is -2.57. The first-order valence-electron chi connectivity index (χ1n) is 9.94. The van der Waals surface area contributed by atoms with Gasteiger partial charge in [0.2, 0.25) is 6.54 Å². The molecule has 4 fully saturated rings. The average Bonchev–Trinajstić information content (AvgIpc) is 2.84. The molecule has 0 unspecified atom stereocenters. The second-order valence-corrected chi connectivity index (χ2v) is 9.72. The lowest BCUT2D eigenvalue weighted by molar-refractivity contribution is -0.161. The molecule has 24 heavy (non-hydrogen) atoms. The first-order chi connectivity index (χ1) is 11.4. The second kappa shape index (κ2) is 5.56. The highest BCUT2D eigenvalue weighted by Crippen LogP contribution is 2.66. The number of nitrogens with zero attached hydrogens (tertiary/aromatic N) is 1. The molecule has 1 N–H and O–H groups in total. The van der Waals surface area contributed by atoms with Crippen molar-refractivity contribution in [2.45, 2.75) is 71.3 Å². The average molecular weight is 329 g/mol. The summed E-state index contributed by atoms with van der Waals surface area (Å²) >= 11 is 0. The van der Waals surface area contributed by atoms with E-state index in [4.69, 9.17) is 6.57 Å². The van der Waals surface area contributed by atoms with Gasteiger partial charge in [-0.3, -0.25) is 4.79 Å². The zero-order chi connectivity index (χ0) is 17.1. The summed E-state index contributed by atoms with van der Waals surface area (Å²) in [5.74, 6) is 2.81. The van der Waals surface area contributed by atoms with Gasteiger partial charge in [-0.2, -0.15) is 0 Å². The molecule has 0 amide bonds. The van der Waals surface area contributed by atoms with Crippen LogP contribution < -0.4 is 0 Å². The highest BCUT2D eigenvalue weighted by atomic mass is 16.3. The van der Waals surface area contributed by atoms with Gasteiger partial charge >= 0.3 is 0 Å². The predicted molar refractivity (Wildman–Crippen MR) is 93.1 cm³/mol. The summed E-state index contributed by atoms with van der Waals surface area (Å²) in [6.07, 6.45) is 8.02. The fourth-order valence-corrected chi connectivity index (χ4v) is 7.56. The lowest BCUT2D eigenvalue weighted by Gasteiger charge is -2.59. The molecule has 3 nitrogen and oxygen atoms in total. The van der Waals surface area contributed by atoms with E-state index in [-0.39, 0.29) is 22.9 Å². The van der Waals surface area contributed by atoms with E-state index in [0.717, 1.165) is 32.1 Å². The van der Waals surface area contributed by atoms with Crippen molar-refractivity contribution in [3.8, 4) is 0 Å². The number of carbonyl (C=O) groups excluding carboxylic acids is 1. The molecule has 0 aromatic heterocycles. The van der Waals surface area contributed by atoms with Crippen LogP contribution >= 0.6 is 0 Å². The summed E-state index contributed by atoms with van der Waals surface area (Å²) in [4.78, 5) is 17.0. The van der Waals surface area contributed by atoms with E-state index < -0.39 is 0 Å². The Morgan fingerprint density at radius 3 is 2.71 bits per heavy atom. The Morgan fingerprint density at radius 1 is 1.17 bits per heavy atom. The third-order valence-electron chi connectivity index (χ3n) is 8.83. The van der Waals surface area contributed by atoms with Gasteiger partial charge in [0.05, 0.1) is 6.10 Å². The molecular weight excluding hydrogens is 298 g/mol. The molecule has 4 aliphatic rings. The number of ketones is 1. The van der Waals surface area contributed by atoms with Gasteiger partial charge in [-0.15, -0.1) is 0 Å². The van der Waals surface area contributed by atoms with E-state index in [9.17, 15) is 9.90 Å². The van der Waals surface area contributed by atoms with E-state index in [1.165, 1.54) is 12.8 Å². The summed E-state index contributed by atoms with van der Waals surface area (Å²) in [5, 5.41) is 10.1. The fourth-order valence-electron chi connectivity index (χ4n) is 7.56. The number of hydrogen-bond acceptors (Lipinski definition) is 2. The standard InChI is InChI=1S/C21H31NO2/c1-20-9-8-15(23)10-13(20)4-6-16-17-7-5-14(12-22-3)21(17,2)11-18(24)19(16)20/h13-17,19,23H,4-12H2,1-2H3/t13-,14+,15+,16-,17-,19+,20-,21+/m0/s1. The van der Waals surface area contributed by atoms with Gasteiger partial charge in [0.25, 0.3) is 0 Å². The Morgan fingerprint density at radius 2 is 1.96 bits per heavy atom. The molecule has 0 aromatic rings. The van der Waals surface area contributed by atoms with Gasteiger partial charge in [0.15, 0.2) is 0 Å². The maximum atomic E-state index is 13.3. The molecule has 0 heterocycles. The summed E-state index contributed by atoms with van der Waals surface area (Å²) in [6, 6.07) is 0. The molecule has 0 bridgehead atoms. The summed E-state index contributed by atoms with van der Waals surface area (Å²) in [5.41, 5.74) is 0.179. The highest BCUT2D eigenvalue weighted by Gasteiger charge is 2.63. The maximum Gasteiger partial charge on any atom is 0.218 e. The van der Waals surface area contributed by atoms with Gasteiger partial charge in [0.1, 0.15) is 5.78 Å². The third kappa shape index (κ3) is 2.15. The van der Waals surface area contributed by atoms with E-state index in [1.807, 2.05) is 0 Å². The van der Waals surface area contributed by atoms with E-state index in [0.29, 0.717) is 42.4 Å². The normalized spacial score (nSPS) is 53.7. The van der Waals surface area contributed by atoms with Gasteiger partial charge in [-0.25, -0.2) is 6.57 Å². The van der Waals surface area contributed by atoms with Crippen molar-refractivity contribution in [1.82, 2.24) is 0 Å². The molecule has 4 rings (SSSR count). The molecule has 0 saturated heterocycles. The van der Waals surface area contributed by atoms with Gasteiger partial charge < -0.3 is 9.95 Å². The van der Waals surface area contributed by atoms with E-state index in [1.54, 1.807) is 0 Å². The van der Waals surface area contributed by atoms with Crippen molar-refractivity contribution in [2.24, 2.45) is 40.4 Å². The van der Waals surface area contributed by atoms with Crippen LogP contribution in [0.4, 0.5) is 0 Å². The molecule has 3 heteroatoms. The molecule has 0 aromatic carbocycles. The molecule has 4 saturated carbocycles. The monoisotopic (exact) mass is 329 g/mol. The Kier molecular flexibility index (Phi) is 3.84. The van der Waals surface area contributed by atoms with Crippen molar-refractivity contribution in [1.29, 1.82) is 0 Å². The third-order valence-corrected chi connectivity index (χ3v) is 8.83. The largest absolute Gasteiger partial charge is 0.393 e. The predicted octanol–water partition coefficient (Wildman–Crippen LogP) is 4.10. The topological polar surface area (TPSA) is 41.7 Å². The van der Waals surface area contributed by atoms with E-state index in [2.05, 4.69) is 18.7 Å². The van der Waals surface area contributed by atoms with Crippen molar-refractivity contribution in [3.05, 3.63) is 11.4 Å². The van der Waals surface area contributed by atoms with Crippen molar-refractivity contribution in [2.75, 3.05) is 6.54 Å². The summed E-state index contributed by atoms with van der Waals surface area (Å²) in [7, 11) is 0. The van der Waals surface area contributed by atoms with Crippen LogP contribution in [0.15, 0.2) is 0 Å². The molecule has 4 aliphatic carbocycles. The van der Waals surface area contributed by atoms with Crippen molar-refractivity contribution < 1.29 is 9.90 Å². The number of rotatable bonds is 1. The van der Waals surface area contributed by atoms with Crippen LogP contribution in [0.3, 0.4) is 0 Å². The summed E-state index contributed by atoms with van der Waals surface area (Å²) in [6.45, 7) is 12.5. The second-order valence-electron chi connectivity index (χ2n) is 9.72. The van der Waals surface area contributed by atoms with Crippen LogP contribution in [-0.4, -0.2) is 23.5 Å². The molecule has 132 valence electrons. The van der Waals surface area contributed by atoms with Crippen molar-refractivity contribution in [3.63, 3.8) is 0 Å². The number of aliphatic hydroxyl groups is 1. The molecule has 8 atom stereocenters. The SMILES string of the molecule is [C-]#[N+]C[C@H]1CC[C@H]2[C@@H]3CC[C@H]4C[C@H](O)CC[C@]4(C)[C@H]3C(=O)C[C@]12C. The maximum absolute atomic E-state index is 13.3. The highest BCUT2D eigenvalue weighted by molar-refractivity contribution is 5.84. The van der Waals surface area contributed by atoms with Crippen LogP contribution in [0.25, 0.3) is 4.85 Å². The van der Waals surface area contributed by atoms with Crippen LogP contribution in [0.2, 0.25) is 0 Å². The Bertz CT molecular complexity index is 581. The quantitative estimate of drug-likeness (QED) is 0.736. The minimum atomic E-state index is -0.155. The minimum absolute atomic E-state index is 0.0696. The first kappa shape index (κ1) is 16.6. The van der Waals surface area contributed by atoms with Crippen LogP contribution in [0.1, 0.15) is 65.2 Å². The van der Waals surface area contributed by atoms with Gasteiger partial charge in [-0.05, 0) is 73.5 Å². The van der Waals surface area contributed by atoms with Gasteiger partial charge in [-0.1, -0.05) is 13.8 Å². The van der Waals surface area contributed by atoms with Gasteiger partial charge in [0, 0.05) is 18.3 Å². The number of carbonyl (C=O) groups is 1. The number of Topliss-reactive ketones (excluding diaryl/α,β-unsaturated/α-hetero) is 1. The number of aliphatic hydroxyl groups excluding tert-OH is 1. The fraction of sp³-hybridized carbons (Fsp3) is 0.905. The molecule has 0 radical (unpaired) electrons. The Balaban J connectivity index is 1.66. The number of hydrogen-bond donors (Lipinski definition) is 1. The number of fused-ring (bicyclic) bond motifs is 5. The Hall–Kier alpha value is -0.880. The summed E-state index contributed by atoms with van der Waals surface area (Å²) < 4.78 is 0. The van der Waals surface area contributed by atoms with Crippen LogP contribution in [0.5, 0.6) is 0 Å². The lowest BCUT2D eigenvalue weighted by atomic mass is 9.44. The molecule has 0 spiro atoms. The zero-order valence-electron chi connectivity index (χ0n) is 15.1. The van der Waals surface area contributed by atoms with Crippen molar-refractivity contribution >= 4 is 5.78 Å². The smallest absolute Gasteiger partial charge is 0.218 e. The molecule has 0 aliphatic heterocycles. The zero-order valence-corrected chi connectivity index (χ0v) is 15.1. The first-order valence-corrected chi connectivity index (χ1v) is 9.94. The molecular formula is C21H31NO2. The van der Waals surface area contributed by atoms with E-state index >= 15 is 0 Å². The van der Waals surface area contributed by atoms with Crippen LogP contribution in [0, 0.1) is 47.0 Å². The minimum Gasteiger partial charge on any atom is -0.393 e. The Labute approximate surface area is 146 Å². The van der Waals surface area contributed by atoms with Crippen LogP contribution in [-0.2, 0) is 4.79 Å².